The van der Waals surface area contributed by atoms with Gasteiger partial charge in [-0.2, -0.15) is 0 Å². The van der Waals surface area contributed by atoms with Crippen molar-refractivity contribution in [2.75, 3.05) is 18.4 Å². The summed E-state index contributed by atoms with van der Waals surface area (Å²) < 4.78 is 5.68. The highest BCUT2D eigenvalue weighted by Crippen LogP contribution is 2.29. The van der Waals surface area contributed by atoms with Crippen LogP contribution in [-0.4, -0.2) is 44.1 Å². The minimum Gasteiger partial charge on any atom is -0.435 e. The van der Waals surface area contributed by atoms with E-state index < -0.39 is 0 Å². The number of aromatic nitrogens is 4. The first-order chi connectivity index (χ1) is 14.6. The molecule has 0 aromatic carbocycles. The summed E-state index contributed by atoms with van der Waals surface area (Å²) in [7, 11) is 0. The molecule has 1 saturated heterocycles. The van der Waals surface area contributed by atoms with Gasteiger partial charge in [0.2, 0.25) is 10.9 Å². The molecule has 0 spiro atoms. The first kappa shape index (κ1) is 20.5. The molecule has 4 rings (SSSR count). The van der Waals surface area contributed by atoms with Crippen LogP contribution >= 0.6 is 11.3 Å². The normalized spacial score (nSPS) is 16.6. The number of rotatable bonds is 6. The Morgan fingerprint density at radius 1 is 1.27 bits per heavy atom. The standard InChI is InChI=1S/C21H26N6O2S/c1-4-17-22-13(3)19(29-17)20(28)27-11-7-8-14(12-27)15-9-6-10-16(23-15)24-21-26-25-18(5-2)30-21/h6,9-10,14H,4-5,7-8,11-12H2,1-3H3,(H,23,24,26). The summed E-state index contributed by atoms with van der Waals surface area (Å²) >= 11 is 1.53. The number of hydrogen-bond acceptors (Lipinski definition) is 8. The van der Waals surface area contributed by atoms with E-state index in [9.17, 15) is 4.79 Å². The van der Waals surface area contributed by atoms with Crippen molar-refractivity contribution in [2.24, 2.45) is 0 Å². The zero-order chi connectivity index (χ0) is 21.1. The average Bonchev–Trinajstić information content (AvgIpc) is 3.39. The summed E-state index contributed by atoms with van der Waals surface area (Å²) in [5.41, 5.74) is 1.63. The van der Waals surface area contributed by atoms with E-state index in [1.807, 2.05) is 36.9 Å². The van der Waals surface area contributed by atoms with E-state index in [1.165, 1.54) is 11.3 Å². The Bertz CT molecular complexity index is 1030. The van der Waals surface area contributed by atoms with Gasteiger partial charge >= 0.3 is 0 Å². The summed E-state index contributed by atoms with van der Waals surface area (Å²) in [5, 5.41) is 13.3. The van der Waals surface area contributed by atoms with Crippen LogP contribution in [0.3, 0.4) is 0 Å². The molecule has 1 aliphatic rings. The number of anilines is 2. The number of nitrogens with one attached hydrogen (secondary N) is 1. The minimum atomic E-state index is -0.0837. The fourth-order valence-corrected chi connectivity index (χ4v) is 4.34. The number of pyridine rings is 1. The molecule has 0 saturated carbocycles. The van der Waals surface area contributed by atoms with Crippen LogP contribution in [0, 0.1) is 6.92 Å². The average molecular weight is 427 g/mol. The van der Waals surface area contributed by atoms with Gasteiger partial charge in [-0.1, -0.05) is 31.3 Å². The van der Waals surface area contributed by atoms with Crippen LogP contribution in [-0.2, 0) is 12.8 Å². The molecule has 1 atom stereocenters. The molecule has 1 amide bonds. The predicted octanol–water partition coefficient (Wildman–Crippen LogP) is 4.12. The van der Waals surface area contributed by atoms with Crippen molar-refractivity contribution < 1.29 is 9.21 Å². The highest BCUT2D eigenvalue weighted by molar-refractivity contribution is 7.15. The quantitative estimate of drug-likeness (QED) is 0.633. The third-order valence-corrected chi connectivity index (χ3v) is 6.22. The van der Waals surface area contributed by atoms with Crippen LogP contribution in [0.2, 0.25) is 0 Å². The molecule has 8 nitrogen and oxygen atoms in total. The van der Waals surface area contributed by atoms with Gasteiger partial charge in [0.15, 0.2) is 5.89 Å². The maximum atomic E-state index is 13.0. The lowest BCUT2D eigenvalue weighted by Gasteiger charge is -2.32. The SMILES string of the molecule is CCc1nc(C)c(C(=O)N2CCCC(c3cccc(Nc4nnc(CC)s4)n3)C2)o1. The van der Waals surface area contributed by atoms with Crippen LogP contribution in [0.25, 0.3) is 0 Å². The smallest absolute Gasteiger partial charge is 0.291 e. The third-order valence-electron chi connectivity index (χ3n) is 5.24. The van der Waals surface area contributed by atoms with Crippen molar-refractivity contribution in [3.8, 4) is 0 Å². The van der Waals surface area contributed by atoms with E-state index in [0.29, 0.717) is 30.3 Å². The second-order valence-corrected chi connectivity index (χ2v) is 8.46. The summed E-state index contributed by atoms with van der Waals surface area (Å²) in [6, 6.07) is 5.93. The number of likely N-dealkylation sites (tertiary alicyclic amines) is 1. The van der Waals surface area contributed by atoms with Crippen molar-refractivity contribution in [3.63, 3.8) is 0 Å². The zero-order valence-electron chi connectivity index (χ0n) is 17.5. The largest absolute Gasteiger partial charge is 0.435 e. The second kappa shape index (κ2) is 8.91. The number of piperidine rings is 1. The van der Waals surface area contributed by atoms with Gasteiger partial charge in [0.25, 0.3) is 5.91 Å². The number of oxazole rings is 1. The minimum absolute atomic E-state index is 0.0837. The van der Waals surface area contributed by atoms with Gasteiger partial charge in [-0.05, 0) is 38.3 Å². The highest BCUT2D eigenvalue weighted by Gasteiger charge is 2.29. The topological polar surface area (TPSA) is 97.0 Å². The molecule has 1 aliphatic heterocycles. The first-order valence-electron chi connectivity index (χ1n) is 10.4. The van der Waals surface area contributed by atoms with Gasteiger partial charge in [0, 0.05) is 31.1 Å². The van der Waals surface area contributed by atoms with Gasteiger partial charge in [0.1, 0.15) is 10.8 Å². The van der Waals surface area contributed by atoms with Crippen molar-refractivity contribution in [1.82, 2.24) is 25.1 Å². The van der Waals surface area contributed by atoms with Crippen molar-refractivity contribution in [3.05, 3.63) is 46.2 Å². The fraction of sp³-hybridized carbons (Fsp3) is 0.476. The molecule has 0 radical (unpaired) electrons. The van der Waals surface area contributed by atoms with Gasteiger partial charge < -0.3 is 14.6 Å². The Morgan fingerprint density at radius 3 is 2.87 bits per heavy atom. The molecule has 1 N–H and O–H groups in total. The van der Waals surface area contributed by atoms with Crippen molar-refractivity contribution in [1.29, 1.82) is 0 Å². The lowest BCUT2D eigenvalue weighted by Crippen LogP contribution is -2.39. The number of amides is 1. The number of nitrogens with zero attached hydrogens (tertiary/aromatic N) is 5. The number of aryl methyl sites for hydroxylation is 3. The molecule has 3 aromatic rings. The van der Waals surface area contributed by atoms with Gasteiger partial charge in [-0.15, -0.1) is 10.2 Å². The second-order valence-electron chi connectivity index (χ2n) is 7.39. The highest BCUT2D eigenvalue weighted by atomic mass is 32.1. The molecule has 3 aromatic heterocycles. The van der Waals surface area contributed by atoms with E-state index in [-0.39, 0.29) is 11.8 Å². The maximum absolute atomic E-state index is 13.0. The molecule has 158 valence electrons. The van der Waals surface area contributed by atoms with E-state index in [1.54, 1.807) is 0 Å². The van der Waals surface area contributed by atoms with Gasteiger partial charge in [0.05, 0.1) is 5.69 Å². The maximum Gasteiger partial charge on any atom is 0.291 e. The monoisotopic (exact) mass is 426 g/mol. The third kappa shape index (κ3) is 4.35. The molecular weight excluding hydrogens is 400 g/mol. The Hall–Kier alpha value is -2.81. The number of hydrogen-bond donors (Lipinski definition) is 1. The molecule has 1 unspecified atom stereocenters. The number of carbonyl (C=O) groups is 1. The summed E-state index contributed by atoms with van der Waals surface area (Å²) in [4.78, 5) is 24.0. The molecule has 1 fully saturated rings. The lowest BCUT2D eigenvalue weighted by molar-refractivity contribution is 0.0671. The Morgan fingerprint density at radius 2 is 2.13 bits per heavy atom. The van der Waals surface area contributed by atoms with Gasteiger partial charge in [-0.25, -0.2) is 9.97 Å². The summed E-state index contributed by atoms with van der Waals surface area (Å²) in [6.45, 7) is 7.19. The fourth-order valence-electron chi connectivity index (χ4n) is 3.65. The predicted molar refractivity (Wildman–Crippen MR) is 115 cm³/mol. The molecule has 0 aliphatic carbocycles. The lowest BCUT2D eigenvalue weighted by atomic mass is 9.94. The van der Waals surface area contributed by atoms with Crippen molar-refractivity contribution in [2.45, 2.75) is 52.4 Å². The Balaban J connectivity index is 1.47. The molecular formula is C21H26N6O2S. The van der Waals surface area contributed by atoms with Crippen LogP contribution in [0.15, 0.2) is 22.6 Å². The zero-order valence-corrected chi connectivity index (χ0v) is 18.3. The van der Waals surface area contributed by atoms with E-state index in [4.69, 9.17) is 9.40 Å². The van der Waals surface area contributed by atoms with E-state index >= 15 is 0 Å². The molecule has 4 heterocycles. The summed E-state index contributed by atoms with van der Waals surface area (Å²) in [6.07, 6.45) is 3.46. The number of carbonyl (C=O) groups excluding carboxylic acids is 1. The van der Waals surface area contributed by atoms with Gasteiger partial charge in [-0.3, -0.25) is 4.79 Å². The van der Waals surface area contributed by atoms with E-state index in [2.05, 4.69) is 27.4 Å². The Labute approximate surface area is 179 Å². The van der Waals surface area contributed by atoms with Crippen LogP contribution in [0.1, 0.15) is 65.4 Å². The van der Waals surface area contributed by atoms with Crippen LogP contribution in [0.4, 0.5) is 10.9 Å². The van der Waals surface area contributed by atoms with Crippen LogP contribution < -0.4 is 5.32 Å². The molecule has 30 heavy (non-hydrogen) atoms. The molecule has 0 bridgehead atoms. The van der Waals surface area contributed by atoms with Crippen molar-refractivity contribution >= 4 is 28.2 Å². The van der Waals surface area contributed by atoms with E-state index in [0.717, 1.165) is 47.5 Å². The van der Waals surface area contributed by atoms with Crippen LogP contribution in [0.5, 0.6) is 0 Å². The summed E-state index contributed by atoms with van der Waals surface area (Å²) in [5.74, 6) is 1.80. The molecule has 9 heteroatoms. The first-order valence-corrected chi connectivity index (χ1v) is 11.2. The Kier molecular flexibility index (Phi) is 6.08.